The maximum atomic E-state index is 5.96. The van der Waals surface area contributed by atoms with E-state index >= 15 is 0 Å². The number of ether oxygens (including phenoxy) is 1. The average molecular weight is 545 g/mol. The third kappa shape index (κ3) is 5.64. The smallest absolute Gasteiger partial charge is 0.134 e. The van der Waals surface area contributed by atoms with Crippen molar-refractivity contribution in [3.05, 3.63) is 107 Å². The summed E-state index contributed by atoms with van der Waals surface area (Å²) in [6.07, 6.45) is 8.10. The molecule has 2 aromatic heterocycles. The molecule has 0 saturated carbocycles. The topological polar surface area (TPSA) is 77.2 Å². The Labute approximate surface area is 231 Å². The number of aryl methyl sites for hydroxylation is 1. The van der Waals surface area contributed by atoms with E-state index in [1.165, 1.54) is 24.1 Å². The van der Waals surface area contributed by atoms with E-state index < -0.39 is 0 Å². The minimum atomic E-state index is 0. The average Bonchev–Trinajstić information content (AvgIpc) is 3.42. The first-order valence-corrected chi connectivity index (χ1v) is 12.7. The number of rotatable bonds is 7. The zero-order valence-electron chi connectivity index (χ0n) is 20.5. The van der Waals surface area contributed by atoms with Gasteiger partial charge < -0.3 is 4.74 Å². The van der Waals surface area contributed by atoms with Crippen LogP contribution in [0.15, 0.2) is 84.1 Å². The largest absolute Gasteiger partial charge is 0.487 e. The lowest BCUT2D eigenvalue weighted by molar-refractivity contribution is 0.301. The third-order valence-electron chi connectivity index (χ3n) is 6.46. The number of fused-ring (bicyclic) bond motifs is 2. The number of halogens is 2. The van der Waals surface area contributed by atoms with Crippen molar-refractivity contribution in [2.75, 3.05) is 5.43 Å². The van der Waals surface area contributed by atoms with E-state index in [9.17, 15) is 0 Å². The van der Waals surface area contributed by atoms with Crippen LogP contribution in [0.1, 0.15) is 35.4 Å². The molecule has 0 fully saturated rings. The van der Waals surface area contributed by atoms with Crippen LogP contribution in [0.4, 0.5) is 5.69 Å². The normalized spacial score (nSPS) is 12.8. The van der Waals surface area contributed by atoms with Crippen molar-refractivity contribution in [2.24, 2.45) is 5.10 Å². The SMILES string of the molecule is Cl.Clc1ccc(-n2cc(COc3ccc(/C=N/Nc4c5c(nc6ccccc46)CCCC5)cc3)nn2)cc1. The highest BCUT2D eigenvalue weighted by atomic mass is 35.5. The minimum Gasteiger partial charge on any atom is -0.487 e. The van der Waals surface area contributed by atoms with Gasteiger partial charge in [0.05, 0.1) is 29.3 Å². The Hall–Kier alpha value is -3.94. The number of hydrogen-bond acceptors (Lipinski definition) is 6. The molecule has 0 spiro atoms. The lowest BCUT2D eigenvalue weighted by Crippen LogP contribution is -2.09. The predicted molar refractivity (Wildman–Crippen MR) is 154 cm³/mol. The van der Waals surface area contributed by atoms with Gasteiger partial charge in [0.25, 0.3) is 0 Å². The molecule has 6 rings (SSSR count). The van der Waals surface area contributed by atoms with Crippen LogP contribution in [-0.2, 0) is 19.4 Å². The molecule has 0 amide bonds. The Morgan fingerprint density at radius 2 is 1.76 bits per heavy atom. The number of hydrogen-bond donors (Lipinski definition) is 1. The molecule has 38 heavy (non-hydrogen) atoms. The molecule has 0 bridgehead atoms. The van der Waals surface area contributed by atoms with Gasteiger partial charge in [-0.15, -0.1) is 17.5 Å². The van der Waals surface area contributed by atoms with Gasteiger partial charge in [-0.1, -0.05) is 35.0 Å². The molecule has 0 radical (unpaired) electrons. The number of nitrogens with zero attached hydrogens (tertiary/aromatic N) is 5. The molecule has 192 valence electrons. The summed E-state index contributed by atoms with van der Waals surface area (Å²) in [5.74, 6) is 0.750. The van der Waals surface area contributed by atoms with Gasteiger partial charge in [0.2, 0.25) is 0 Å². The van der Waals surface area contributed by atoms with E-state index in [1.54, 1.807) is 4.68 Å². The Kier molecular flexibility index (Phi) is 7.86. The lowest BCUT2D eigenvalue weighted by atomic mass is 9.93. The highest BCUT2D eigenvalue weighted by Gasteiger charge is 2.17. The maximum absolute atomic E-state index is 5.96. The predicted octanol–water partition coefficient (Wildman–Crippen LogP) is 6.79. The molecule has 5 aromatic rings. The van der Waals surface area contributed by atoms with Crippen LogP contribution in [-0.4, -0.2) is 26.2 Å². The molecule has 0 saturated heterocycles. The number of anilines is 1. The molecular weight excluding hydrogens is 519 g/mol. The standard InChI is InChI=1S/C29H25ClN6O.ClH/c30-21-11-13-23(14-12-21)36-18-22(33-35-36)19-37-24-15-9-20(10-16-24)17-31-34-29-25-5-1-3-7-27(25)32-28-8-4-2-6-26(28)29;/h1,3,5,7,9-18H,2,4,6,8,19H2,(H,32,34);1H/b31-17+;. The zero-order chi connectivity index (χ0) is 25.0. The summed E-state index contributed by atoms with van der Waals surface area (Å²) in [7, 11) is 0. The summed E-state index contributed by atoms with van der Waals surface area (Å²) in [6, 6.07) is 23.5. The third-order valence-corrected chi connectivity index (χ3v) is 6.71. The second-order valence-electron chi connectivity index (χ2n) is 8.99. The molecule has 0 atom stereocenters. The number of aromatic nitrogens is 4. The Morgan fingerprint density at radius 3 is 2.61 bits per heavy atom. The summed E-state index contributed by atoms with van der Waals surface area (Å²) in [6.45, 7) is 0.322. The Morgan fingerprint density at radius 1 is 0.974 bits per heavy atom. The molecule has 2 heterocycles. The molecule has 7 nitrogen and oxygen atoms in total. The van der Waals surface area contributed by atoms with E-state index in [0.717, 1.165) is 52.1 Å². The first-order chi connectivity index (χ1) is 18.2. The van der Waals surface area contributed by atoms with Crippen LogP contribution in [0.2, 0.25) is 5.02 Å². The molecule has 3 aromatic carbocycles. The van der Waals surface area contributed by atoms with E-state index in [4.69, 9.17) is 21.3 Å². The van der Waals surface area contributed by atoms with Crippen LogP contribution in [0.3, 0.4) is 0 Å². The van der Waals surface area contributed by atoms with Crippen LogP contribution >= 0.6 is 24.0 Å². The first-order valence-electron chi connectivity index (χ1n) is 12.3. The Bertz CT molecular complexity index is 1570. The fraction of sp³-hybridized carbons (Fsp3) is 0.172. The molecule has 1 aliphatic rings. The minimum absolute atomic E-state index is 0. The number of pyridine rings is 1. The van der Waals surface area contributed by atoms with Gasteiger partial charge in [-0.2, -0.15) is 5.10 Å². The van der Waals surface area contributed by atoms with E-state index in [2.05, 4.69) is 33.0 Å². The molecular formula is C29H26Cl2N6O. The maximum Gasteiger partial charge on any atom is 0.134 e. The van der Waals surface area contributed by atoms with E-state index in [-0.39, 0.29) is 12.4 Å². The van der Waals surface area contributed by atoms with Gasteiger partial charge in [0.1, 0.15) is 18.1 Å². The van der Waals surface area contributed by atoms with Crippen LogP contribution in [0.5, 0.6) is 5.75 Å². The van der Waals surface area contributed by atoms with Crippen molar-refractivity contribution in [1.82, 2.24) is 20.0 Å². The summed E-state index contributed by atoms with van der Waals surface area (Å²) >= 11 is 5.96. The van der Waals surface area contributed by atoms with Crippen LogP contribution in [0.25, 0.3) is 16.6 Å². The van der Waals surface area contributed by atoms with Gasteiger partial charge in [-0.3, -0.25) is 10.4 Å². The quantitative estimate of drug-likeness (QED) is 0.180. The zero-order valence-corrected chi connectivity index (χ0v) is 22.1. The Balaban J connectivity index is 0.00000294. The van der Waals surface area contributed by atoms with Crippen LogP contribution < -0.4 is 10.2 Å². The first kappa shape index (κ1) is 25.7. The van der Waals surface area contributed by atoms with Gasteiger partial charge in [-0.25, -0.2) is 4.68 Å². The lowest BCUT2D eigenvalue weighted by Gasteiger charge is -2.20. The van der Waals surface area contributed by atoms with Crippen molar-refractivity contribution < 1.29 is 4.74 Å². The van der Waals surface area contributed by atoms with E-state index in [1.807, 2.05) is 73.1 Å². The molecule has 0 aliphatic heterocycles. The summed E-state index contributed by atoms with van der Waals surface area (Å²) in [4.78, 5) is 4.89. The van der Waals surface area contributed by atoms with Crippen molar-refractivity contribution >= 4 is 46.8 Å². The van der Waals surface area contributed by atoms with Crippen molar-refractivity contribution in [3.8, 4) is 11.4 Å². The highest BCUT2D eigenvalue weighted by molar-refractivity contribution is 6.30. The number of para-hydroxylation sites is 1. The van der Waals surface area contributed by atoms with Gasteiger partial charge in [0, 0.05) is 16.1 Å². The highest BCUT2D eigenvalue weighted by Crippen LogP contribution is 2.33. The fourth-order valence-electron chi connectivity index (χ4n) is 4.56. The van der Waals surface area contributed by atoms with Crippen molar-refractivity contribution in [1.29, 1.82) is 0 Å². The van der Waals surface area contributed by atoms with Crippen molar-refractivity contribution in [3.63, 3.8) is 0 Å². The summed E-state index contributed by atoms with van der Waals surface area (Å²) in [5, 5.41) is 14.7. The number of nitrogens with one attached hydrogen (secondary N) is 1. The van der Waals surface area contributed by atoms with Crippen LogP contribution in [0, 0.1) is 0 Å². The molecule has 0 unspecified atom stereocenters. The van der Waals surface area contributed by atoms with Gasteiger partial charge in [-0.05, 0) is 91.4 Å². The number of hydrazone groups is 1. The number of benzene rings is 3. The summed E-state index contributed by atoms with van der Waals surface area (Å²) < 4.78 is 7.59. The van der Waals surface area contributed by atoms with E-state index in [0.29, 0.717) is 11.6 Å². The summed E-state index contributed by atoms with van der Waals surface area (Å²) in [5.41, 5.74) is 10.5. The van der Waals surface area contributed by atoms with Gasteiger partial charge in [0.15, 0.2) is 0 Å². The second kappa shape index (κ2) is 11.6. The molecule has 1 aliphatic carbocycles. The van der Waals surface area contributed by atoms with Gasteiger partial charge >= 0.3 is 0 Å². The molecule has 1 N–H and O–H groups in total. The fourth-order valence-corrected chi connectivity index (χ4v) is 4.69. The second-order valence-corrected chi connectivity index (χ2v) is 9.43. The molecule has 9 heteroatoms. The monoisotopic (exact) mass is 544 g/mol. The van der Waals surface area contributed by atoms with Crippen molar-refractivity contribution in [2.45, 2.75) is 32.3 Å².